The van der Waals surface area contributed by atoms with Crippen LogP contribution in [0.5, 0.6) is 0 Å². The van der Waals surface area contributed by atoms with Crippen molar-refractivity contribution in [3.63, 3.8) is 0 Å². The van der Waals surface area contributed by atoms with Gasteiger partial charge in [-0.3, -0.25) is 4.79 Å². The maximum absolute atomic E-state index is 12.4. The standard InChI is InChI=1S/C18H25N3O/c1-3-18(22)21(12-10-14-7-6-11-20(14)2)17-13-19-16-9-5-4-8-15(16)17/h4-5,8-9,13-14,19H,3,6-7,10-12H2,1-2H3. The Kier molecular flexibility index (Phi) is 4.48. The van der Waals surface area contributed by atoms with Crippen molar-refractivity contribution in [2.75, 3.05) is 25.0 Å². The van der Waals surface area contributed by atoms with Gasteiger partial charge in [-0.05, 0) is 38.9 Å². The summed E-state index contributed by atoms with van der Waals surface area (Å²) in [6, 6.07) is 8.79. The van der Waals surface area contributed by atoms with Gasteiger partial charge in [0.2, 0.25) is 5.91 Å². The Bertz CT molecular complexity index is 649. The molecule has 0 spiro atoms. The maximum atomic E-state index is 12.4. The number of hydrogen-bond donors (Lipinski definition) is 1. The number of H-pyrrole nitrogens is 1. The average molecular weight is 299 g/mol. The lowest BCUT2D eigenvalue weighted by Gasteiger charge is -2.26. The number of likely N-dealkylation sites (tertiary alicyclic amines) is 1. The lowest BCUT2D eigenvalue weighted by molar-refractivity contribution is -0.118. The molecule has 118 valence electrons. The van der Waals surface area contributed by atoms with E-state index in [4.69, 9.17) is 0 Å². The molecule has 3 rings (SSSR count). The lowest BCUT2D eigenvalue weighted by Crippen LogP contribution is -2.35. The molecule has 1 atom stereocenters. The minimum Gasteiger partial charge on any atom is -0.359 e. The second-order valence-corrected chi connectivity index (χ2v) is 6.18. The second kappa shape index (κ2) is 6.53. The summed E-state index contributed by atoms with van der Waals surface area (Å²) in [6.07, 6.45) is 6.08. The van der Waals surface area contributed by atoms with Crippen molar-refractivity contribution < 1.29 is 4.79 Å². The van der Waals surface area contributed by atoms with Crippen LogP contribution in [0.25, 0.3) is 10.9 Å². The Morgan fingerprint density at radius 2 is 2.23 bits per heavy atom. The molecule has 1 aliphatic heterocycles. The molecule has 2 aromatic rings. The van der Waals surface area contributed by atoms with Gasteiger partial charge in [-0.2, -0.15) is 0 Å². The second-order valence-electron chi connectivity index (χ2n) is 6.18. The van der Waals surface area contributed by atoms with Crippen LogP contribution in [-0.4, -0.2) is 42.0 Å². The van der Waals surface area contributed by atoms with E-state index in [2.05, 4.69) is 29.1 Å². The molecule has 1 N–H and O–H groups in total. The number of fused-ring (bicyclic) bond motifs is 1. The van der Waals surface area contributed by atoms with E-state index in [-0.39, 0.29) is 5.91 Å². The molecule has 0 radical (unpaired) electrons. The number of amides is 1. The molecule has 4 nitrogen and oxygen atoms in total. The fourth-order valence-electron chi connectivity index (χ4n) is 3.47. The Balaban J connectivity index is 1.82. The minimum atomic E-state index is 0.199. The number of nitrogens with zero attached hydrogens (tertiary/aromatic N) is 2. The molecule has 1 unspecified atom stereocenters. The predicted octanol–water partition coefficient (Wildman–Crippen LogP) is 3.40. The van der Waals surface area contributed by atoms with Crippen molar-refractivity contribution >= 4 is 22.5 Å². The van der Waals surface area contributed by atoms with Gasteiger partial charge in [-0.15, -0.1) is 0 Å². The molecule has 22 heavy (non-hydrogen) atoms. The van der Waals surface area contributed by atoms with Crippen LogP contribution in [0.15, 0.2) is 30.5 Å². The zero-order valence-corrected chi connectivity index (χ0v) is 13.5. The van der Waals surface area contributed by atoms with Crippen LogP contribution >= 0.6 is 0 Å². The highest BCUT2D eigenvalue weighted by Crippen LogP contribution is 2.28. The largest absolute Gasteiger partial charge is 0.359 e. The molecule has 2 heterocycles. The Hall–Kier alpha value is -1.81. The van der Waals surface area contributed by atoms with Crippen LogP contribution in [0, 0.1) is 0 Å². The molecule has 1 saturated heterocycles. The van der Waals surface area contributed by atoms with Crippen LogP contribution in [0.4, 0.5) is 5.69 Å². The van der Waals surface area contributed by atoms with Gasteiger partial charge in [-0.1, -0.05) is 25.1 Å². The van der Waals surface area contributed by atoms with E-state index in [1.807, 2.05) is 30.2 Å². The first-order valence-corrected chi connectivity index (χ1v) is 8.27. The highest BCUT2D eigenvalue weighted by atomic mass is 16.2. The van der Waals surface area contributed by atoms with Gasteiger partial charge in [0.15, 0.2) is 0 Å². The summed E-state index contributed by atoms with van der Waals surface area (Å²) in [5, 5.41) is 1.13. The number of rotatable bonds is 5. The first-order chi connectivity index (χ1) is 10.7. The molecule has 1 aromatic carbocycles. The molecular weight excluding hydrogens is 274 g/mol. The van der Waals surface area contributed by atoms with Gasteiger partial charge >= 0.3 is 0 Å². The topological polar surface area (TPSA) is 39.3 Å². The van der Waals surface area contributed by atoms with Crippen molar-refractivity contribution in [2.24, 2.45) is 0 Å². The SMILES string of the molecule is CCC(=O)N(CCC1CCCN1C)c1c[nH]c2ccccc12. The third-order valence-electron chi connectivity index (χ3n) is 4.82. The number of nitrogens with one attached hydrogen (secondary N) is 1. The monoisotopic (exact) mass is 299 g/mol. The normalized spacial score (nSPS) is 18.9. The van der Waals surface area contributed by atoms with E-state index in [0.717, 1.165) is 29.6 Å². The van der Waals surface area contributed by atoms with E-state index >= 15 is 0 Å². The number of anilines is 1. The Morgan fingerprint density at radius 3 is 2.95 bits per heavy atom. The minimum absolute atomic E-state index is 0.199. The molecule has 0 aliphatic carbocycles. The van der Waals surface area contributed by atoms with Crippen LogP contribution in [0.2, 0.25) is 0 Å². The molecule has 4 heteroatoms. The smallest absolute Gasteiger partial charge is 0.226 e. The van der Waals surface area contributed by atoms with Crippen molar-refractivity contribution in [1.29, 1.82) is 0 Å². The van der Waals surface area contributed by atoms with Crippen LogP contribution in [0.3, 0.4) is 0 Å². The highest BCUT2D eigenvalue weighted by molar-refractivity contribution is 6.03. The van der Waals surface area contributed by atoms with E-state index in [9.17, 15) is 4.79 Å². The van der Waals surface area contributed by atoms with E-state index in [1.165, 1.54) is 19.4 Å². The Morgan fingerprint density at radius 1 is 1.41 bits per heavy atom. The van der Waals surface area contributed by atoms with Crippen molar-refractivity contribution in [2.45, 2.75) is 38.6 Å². The number of aromatic nitrogens is 1. The summed E-state index contributed by atoms with van der Waals surface area (Å²) >= 11 is 0. The number of aromatic amines is 1. The van der Waals surface area contributed by atoms with Gasteiger partial charge < -0.3 is 14.8 Å². The molecular formula is C18H25N3O. The van der Waals surface area contributed by atoms with E-state index in [0.29, 0.717) is 12.5 Å². The molecule has 1 aliphatic rings. The summed E-state index contributed by atoms with van der Waals surface area (Å²) in [4.78, 5) is 20.1. The predicted molar refractivity (Wildman–Crippen MR) is 91.2 cm³/mol. The summed E-state index contributed by atoms with van der Waals surface area (Å²) in [7, 11) is 2.19. The average Bonchev–Trinajstić information content (AvgIpc) is 3.14. The number of benzene rings is 1. The molecule has 0 saturated carbocycles. The first-order valence-electron chi connectivity index (χ1n) is 8.27. The van der Waals surface area contributed by atoms with Gasteiger partial charge in [0.25, 0.3) is 0 Å². The van der Waals surface area contributed by atoms with Crippen molar-refractivity contribution in [3.8, 4) is 0 Å². The molecule has 1 aromatic heterocycles. The van der Waals surface area contributed by atoms with E-state index < -0.39 is 0 Å². The van der Waals surface area contributed by atoms with Crippen molar-refractivity contribution in [3.05, 3.63) is 30.5 Å². The van der Waals surface area contributed by atoms with Crippen LogP contribution in [-0.2, 0) is 4.79 Å². The van der Waals surface area contributed by atoms with Crippen LogP contribution in [0.1, 0.15) is 32.6 Å². The summed E-state index contributed by atoms with van der Waals surface area (Å²) in [5.74, 6) is 0.199. The first kappa shape index (κ1) is 15.1. The molecule has 0 bridgehead atoms. The molecule has 1 amide bonds. The number of carbonyl (C=O) groups excluding carboxylic acids is 1. The maximum Gasteiger partial charge on any atom is 0.226 e. The fourth-order valence-corrected chi connectivity index (χ4v) is 3.47. The van der Waals surface area contributed by atoms with Crippen molar-refractivity contribution in [1.82, 2.24) is 9.88 Å². The van der Waals surface area contributed by atoms with Gasteiger partial charge in [-0.25, -0.2) is 0 Å². The fraction of sp³-hybridized carbons (Fsp3) is 0.500. The Labute approximate surface area is 132 Å². The highest BCUT2D eigenvalue weighted by Gasteiger charge is 2.24. The summed E-state index contributed by atoms with van der Waals surface area (Å²) in [6.45, 7) is 3.91. The number of para-hydroxylation sites is 1. The zero-order chi connectivity index (χ0) is 15.5. The van der Waals surface area contributed by atoms with Crippen LogP contribution < -0.4 is 4.90 Å². The zero-order valence-electron chi connectivity index (χ0n) is 13.5. The quantitative estimate of drug-likeness (QED) is 0.919. The molecule has 1 fully saturated rings. The van der Waals surface area contributed by atoms with E-state index in [1.54, 1.807) is 0 Å². The van der Waals surface area contributed by atoms with Gasteiger partial charge in [0.1, 0.15) is 0 Å². The summed E-state index contributed by atoms with van der Waals surface area (Å²) < 4.78 is 0. The number of carbonyl (C=O) groups is 1. The summed E-state index contributed by atoms with van der Waals surface area (Å²) in [5.41, 5.74) is 2.10. The third-order valence-corrected chi connectivity index (χ3v) is 4.82. The lowest BCUT2D eigenvalue weighted by atomic mass is 10.1. The number of hydrogen-bond acceptors (Lipinski definition) is 2. The third kappa shape index (κ3) is 2.88. The van der Waals surface area contributed by atoms with Gasteiger partial charge in [0.05, 0.1) is 5.69 Å². The van der Waals surface area contributed by atoms with Gasteiger partial charge in [0, 0.05) is 36.1 Å².